The number of benzene rings is 1. The predicted molar refractivity (Wildman–Crippen MR) is 94.8 cm³/mol. The summed E-state index contributed by atoms with van der Waals surface area (Å²) in [7, 11) is 1.44. The lowest BCUT2D eigenvalue weighted by molar-refractivity contribution is -0.147. The Morgan fingerprint density at radius 3 is 2.85 bits per heavy atom. The quantitative estimate of drug-likeness (QED) is 0.752. The molecule has 0 radical (unpaired) electrons. The zero-order valence-electron chi connectivity index (χ0n) is 15.8. The van der Waals surface area contributed by atoms with Gasteiger partial charge in [0, 0.05) is 18.5 Å². The largest absolute Gasteiger partial charge is 0.454 e. The number of rotatable bonds is 1. The van der Waals surface area contributed by atoms with E-state index >= 15 is 0 Å². The molecule has 0 spiro atoms. The van der Waals surface area contributed by atoms with Gasteiger partial charge in [0.2, 0.25) is 6.79 Å². The molecule has 7 heteroatoms. The first kappa shape index (κ1) is 17.1. The molecule has 4 aliphatic rings. The number of hydrogen-bond donors (Lipinski definition) is 0. The SMILES string of the molecule is COC(=O)N1CC[C@@H]2C[C@@H]3OC(C)(C)O[C@@H]3[C@@H](c3ccc4c(c3)OCO4)[C@@H]21. The molecule has 5 rings (SSSR count). The Morgan fingerprint density at radius 1 is 1.22 bits per heavy atom. The Balaban J connectivity index is 1.57. The van der Waals surface area contributed by atoms with Crippen molar-refractivity contribution in [3.8, 4) is 11.5 Å². The lowest BCUT2D eigenvalue weighted by Crippen LogP contribution is -2.52. The molecule has 0 N–H and O–H groups in total. The monoisotopic (exact) mass is 375 g/mol. The maximum atomic E-state index is 12.4. The van der Waals surface area contributed by atoms with Crippen LogP contribution in [0.3, 0.4) is 0 Å². The Morgan fingerprint density at radius 2 is 2.04 bits per heavy atom. The van der Waals surface area contributed by atoms with Gasteiger partial charge in [-0.25, -0.2) is 4.79 Å². The highest BCUT2D eigenvalue weighted by atomic mass is 16.8. The minimum Gasteiger partial charge on any atom is -0.454 e. The van der Waals surface area contributed by atoms with Crippen LogP contribution in [0.2, 0.25) is 0 Å². The van der Waals surface area contributed by atoms with Gasteiger partial charge in [0.05, 0.1) is 19.3 Å². The van der Waals surface area contributed by atoms with Gasteiger partial charge in [0.25, 0.3) is 0 Å². The zero-order chi connectivity index (χ0) is 18.8. The summed E-state index contributed by atoms with van der Waals surface area (Å²) in [5.74, 6) is 1.22. The first-order valence-electron chi connectivity index (χ1n) is 9.56. The minimum absolute atomic E-state index is 0.00775. The smallest absolute Gasteiger partial charge is 0.409 e. The van der Waals surface area contributed by atoms with Gasteiger partial charge < -0.3 is 28.6 Å². The normalized spacial score (nSPS) is 35.7. The molecular weight excluding hydrogens is 350 g/mol. The molecule has 146 valence electrons. The molecule has 27 heavy (non-hydrogen) atoms. The van der Waals surface area contributed by atoms with Crippen LogP contribution in [0.5, 0.6) is 11.5 Å². The fourth-order valence-electron chi connectivity index (χ4n) is 5.30. The number of methoxy groups -OCH3 is 1. The highest BCUT2D eigenvalue weighted by Gasteiger charge is 2.57. The summed E-state index contributed by atoms with van der Waals surface area (Å²) in [6.45, 7) is 4.85. The van der Waals surface area contributed by atoms with Crippen molar-refractivity contribution in [3.63, 3.8) is 0 Å². The van der Waals surface area contributed by atoms with E-state index in [1.807, 2.05) is 30.9 Å². The maximum Gasteiger partial charge on any atom is 0.409 e. The van der Waals surface area contributed by atoms with Gasteiger partial charge in [-0.15, -0.1) is 0 Å². The Labute approximate surface area is 158 Å². The second kappa shape index (κ2) is 6.01. The molecule has 1 aromatic rings. The van der Waals surface area contributed by atoms with Gasteiger partial charge in [-0.1, -0.05) is 6.07 Å². The molecule has 1 amide bonds. The number of carbonyl (C=O) groups excluding carboxylic acids is 1. The third-order valence-corrected chi connectivity index (χ3v) is 6.25. The highest BCUT2D eigenvalue weighted by molar-refractivity contribution is 5.68. The molecule has 1 aromatic carbocycles. The zero-order valence-corrected chi connectivity index (χ0v) is 15.8. The van der Waals surface area contributed by atoms with Crippen molar-refractivity contribution in [2.75, 3.05) is 20.4 Å². The lowest BCUT2D eigenvalue weighted by Gasteiger charge is -2.43. The van der Waals surface area contributed by atoms with Gasteiger partial charge >= 0.3 is 6.09 Å². The van der Waals surface area contributed by atoms with Gasteiger partial charge in [-0.05, 0) is 50.3 Å². The molecule has 1 saturated carbocycles. The third-order valence-electron chi connectivity index (χ3n) is 6.25. The average molecular weight is 375 g/mol. The van der Waals surface area contributed by atoms with Gasteiger partial charge in [0.1, 0.15) is 0 Å². The molecule has 7 nitrogen and oxygen atoms in total. The molecule has 0 aromatic heterocycles. The maximum absolute atomic E-state index is 12.4. The third kappa shape index (κ3) is 2.67. The number of hydrogen-bond acceptors (Lipinski definition) is 6. The fraction of sp³-hybridized carbons (Fsp3) is 0.650. The van der Waals surface area contributed by atoms with Crippen molar-refractivity contribution in [2.24, 2.45) is 5.92 Å². The van der Waals surface area contributed by atoms with E-state index in [1.165, 1.54) is 7.11 Å². The Hall–Kier alpha value is -1.99. The standard InChI is InChI=1S/C20H25NO6/c1-20(2)26-15-9-12-6-7-21(19(22)23-3)17(12)16(18(15)27-20)11-4-5-13-14(8-11)25-10-24-13/h4-5,8,12,15-18H,6-7,9-10H2,1-3H3/t12-,15+,16+,17-,18+/m1/s1. The molecule has 3 heterocycles. The second-order valence-electron chi connectivity index (χ2n) is 8.22. The van der Waals surface area contributed by atoms with Crippen LogP contribution in [-0.2, 0) is 14.2 Å². The summed E-state index contributed by atoms with van der Waals surface area (Å²) in [6, 6.07) is 6.04. The molecule has 1 aliphatic carbocycles. The summed E-state index contributed by atoms with van der Waals surface area (Å²) in [5.41, 5.74) is 1.08. The van der Waals surface area contributed by atoms with Crippen molar-refractivity contribution in [3.05, 3.63) is 23.8 Å². The molecular formula is C20H25NO6. The van der Waals surface area contributed by atoms with Crippen LogP contribution in [-0.4, -0.2) is 55.5 Å². The van der Waals surface area contributed by atoms with Crippen LogP contribution >= 0.6 is 0 Å². The lowest BCUT2D eigenvalue weighted by atomic mass is 9.71. The summed E-state index contributed by atoms with van der Waals surface area (Å²) >= 11 is 0. The van der Waals surface area contributed by atoms with E-state index in [2.05, 4.69) is 6.07 Å². The van der Waals surface area contributed by atoms with Crippen LogP contribution in [0.1, 0.15) is 38.2 Å². The van der Waals surface area contributed by atoms with E-state index in [4.69, 9.17) is 23.7 Å². The fourth-order valence-corrected chi connectivity index (χ4v) is 5.30. The topological polar surface area (TPSA) is 66.5 Å². The van der Waals surface area contributed by atoms with Gasteiger partial charge in [-0.2, -0.15) is 0 Å². The number of amides is 1. The van der Waals surface area contributed by atoms with Gasteiger partial charge in [0.15, 0.2) is 17.3 Å². The van der Waals surface area contributed by atoms with Crippen LogP contribution in [0.25, 0.3) is 0 Å². The number of carbonyl (C=O) groups is 1. The number of likely N-dealkylation sites (tertiary alicyclic amines) is 1. The molecule has 5 atom stereocenters. The Bertz CT molecular complexity index is 765. The van der Waals surface area contributed by atoms with Crippen LogP contribution in [0.4, 0.5) is 4.79 Å². The van der Waals surface area contributed by atoms with E-state index in [0.29, 0.717) is 12.5 Å². The van der Waals surface area contributed by atoms with E-state index in [9.17, 15) is 4.79 Å². The van der Waals surface area contributed by atoms with Crippen molar-refractivity contribution in [1.82, 2.24) is 4.90 Å². The second-order valence-corrected chi connectivity index (χ2v) is 8.22. The Kier molecular flexibility index (Phi) is 3.81. The van der Waals surface area contributed by atoms with Crippen LogP contribution in [0, 0.1) is 5.92 Å². The molecule has 0 bridgehead atoms. The van der Waals surface area contributed by atoms with E-state index in [0.717, 1.165) is 29.9 Å². The number of fused-ring (bicyclic) bond motifs is 3. The molecule has 0 unspecified atom stereocenters. The first-order valence-corrected chi connectivity index (χ1v) is 9.56. The van der Waals surface area contributed by atoms with Gasteiger partial charge in [-0.3, -0.25) is 0 Å². The van der Waals surface area contributed by atoms with Crippen LogP contribution < -0.4 is 9.47 Å². The molecule has 2 saturated heterocycles. The number of ether oxygens (including phenoxy) is 5. The van der Waals surface area contributed by atoms with E-state index < -0.39 is 5.79 Å². The summed E-state index contributed by atoms with van der Waals surface area (Å²) in [6.07, 6.45) is 1.48. The average Bonchev–Trinajstić information content (AvgIpc) is 3.33. The molecule has 3 aliphatic heterocycles. The summed E-state index contributed by atoms with van der Waals surface area (Å²) in [4.78, 5) is 14.3. The summed E-state index contributed by atoms with van der Waals surface area (Å²) in [5, 5.41) is 0. The van der Waals surface area contributed by atoms with E-state index in [-0.39, 0.29) is 37.1 Å². The van der Waals surface area contributed by atoms with E-state index in [1.54, 1.807) is 0 Å². The highest BCUT2D eigenvalue weighted by Crippen LogP contribution is 2.52. The minimum atomic E-state index is -0.626. The van der Waals surface area contributed by atoms with Crippen molar-refractivity contribution < 1.29 is 28.5 Å². The van der Waals surface area contributed by atoms with Crippen molar-refractivity contribution in [1.29, 1.82) is 0 Å². The van der Waals surface area contributed by atoms with Crippen LogP contribution in [0.15, 0.2) is 18.2 Å². The predicted octanol–water partition coefficient (Wildman–Crippen LogP) is 2.88. The summed E-state index contributed by atoms with van der Waals surface area (Å²) < 4.78 is 28.7. The number of nitrogens with zero attached hydrogens (tertiary/aromatic N) is 1. The van der Waals surface area contributed by atoms with Crippen molar-refractivity contribution in [2.45, 2.75) is 56.6 Å². The molecule has 3 fully saturated rings. The van der Waals surface area contributed by atoms with Crippen molar-refractivity contribution >= 4 is 6.09 Å². The first-order chi connectivity index (χ1) is 13.0.